The molecule has 6 heteroatoms. The summed E-state index contributed by atoms with van der Waals surface area (Å²) in [5, 5.41) is 2.93. The van der Waals surface area contributed by atoms with Gasteiger partial charge in [0, 0.05) is 18.0 Å². The summed E-state index contributed by atoms with van der Waals surface area (Å²) in [6.07, 6.45) is 8.90. The number of hydrogen-bond acceptors (Lipinski definition) is 3. The largest absolute Gasteiger partial charge is 0.355 e. The van der Waals surface area contributed by atoms with Gasteiger partial charge in [-0.15, -0.1) is 0 Å². The van der Waals surface area contributed by atoms with E-state index in [9.17, 15) is 13.2 Å². The van der Waals surface area contributed by atoms with E-state index in [1.54, 1.807) is 0 Å². The molecule has 0 atom stereocenters. The summed E-state index contributed by atoms with van der Waals surface area (Å²) < 4.78 is 26.4. The highest BCUT2D eigenvalue weighted by Crippen LogP contribution is 2.60. The molecule has 0 saturated heterocycles. The van der Waals surface area contributed by atoms with Crippen LogP contribution in [0, 0.1) is 23.2 Å². The molecule has 22 heavy (non-hydrogen) atoms. The van der Waals surface area contributed by atoms with Crippen molar-refractivity contribution < 1.29 is 13.2 Å². The van der Waals surface area contributed by atoms with Gasteiger partial charge in [0.05, 0.1) is 5.75 Å². The quantitative estimate of drug-likeness (QED) is 0.775. The summed E-state index contributed by atoms with van der Waals surface area (Å²) in [6, 6.07) is 0.142. The van der Waals surface area contributed by atoms with Gasteiger partial charge in [0.25, 0.3) is 0 Å². The minimum atomic E-state index is -3.23. The van der Waals surface area contributed by atoms with Crippen LogP contribution in [-0.4, -0.2) is 32.7 Å². The minimum Gasteiger partial charge on any atom is -0.355 e. The predicted molar refractivity (Wildman–Crippen MR) is 83.6 cm³/mol. The molecule has 5 nitrogen and oxygen atoms in total. The van der Waals surface area contributed by atoms with Gasteiger partial charge in [-0.25, -0.2) is 13.1 Å². The van der Waals surface area contributed by atoms with Gasteiger partial charge >= 0.3 is 0 Å². The van der Waals surface area contributed by atoms with Crippen LogP contribution in [-0.2, 0) is 14.8 Å². The smallest absolute Gasteiger partial charge is 0.226 e. The molecule has 0 radical (unpaired) electrons. The summed E-state index contributed by atoms with van der Waals surface area (Å²) in [4.78, 5) is 12.7. The molecule has 0 aromatic heterocycles. The van der Waals surface area contributed by atoms with Crippen molar-refractivity contribution in [3.05, 3.63) is 0 Å². The van der Waals surface area contributed by atoms with E-state index in [0.717, 1.165) is 49.9 Å². The van der Waals surface area contributed by atoms with Crippen molar-refractivity contribution in [3.63, 3.8) is 0 Å². The molecule has 5 saturated carbocycles. The molecule has 0 aromatic rings. The third kappa shape index (κ3) is 2.92. The lowest BCUT2D eigenvalue weighted by Crippen LogP contribution is -2.54. The zero-order chi connectivity index (χ0) is 15.4. The molecular weight excluding hydrogens is 300 g/mol. The van der Waals surface area contributed by atoms with Crippen LogP contribution in [0.3, 0.4) is 0 Å². The summed E-state index contributed by atoms with van der Waals surface area (Å²) in [5.74, 6) is 2.32. The number of carbonyl (C=O) groups excluding carboxylic acids is 1. The molecule has 1 amide bonds. The lowest BCUT2D eigenvalue weighted by molar-refractivity contribution is -0.146. The van der Waals surface area contributed by atoms with Crippen LogP contribution in [0.4, 0.5) is 0 Å². The summed E-state index contributed by atoms with van der Waals surface area (Å²) in [7, 11) is -3.23. The maximum atomic E-state index is 12.7. The molecule has 5 aliphatic rings. The van der Waals surface area contributed by atoms with Gasteiger partial charge in [0.2, 0.25) is 15.9 Å². The van der Waals surface area contributed by atoms with Crippen molar-refractivity contribution in [3.8, 4) is 0 Å². The van der Waals surface area contributed by atoms with Gasteiger partial charge < -0.3 is 5.32 Å². The number of carbonyl (C=O) groups is 1. The third-order valence-corrected chi connectivity index (χ3v) is 7.53. The van der Waals surface area contributed by atoms with Crippen molar-refractivity contribution in [2.24, 2.45) is 23.2 Å². The molecule has 0 aromatic carbocycles. The molecular formula is C16H26N2O3S. The molecule has 5 rings (SSSR count). The van der Waals surface area contributed by atoms with Crippen molar-refractivity contribution in [2.45, 2.75) is 57.4 Å². The lowest BCUT2D eigenvalue weighted by atomic mass is 9.49. The zero-order valence-corrected chi connectivity index (χ0v) is 13.8. The SMILES string of the molecule is O=C(NCCS(=O)(=O)NC1CC1)C12CC3CC(CC(C3)C1)C2. The number of nitrogens with one attached hydrogen (secondary N) is 2. The van der Waals surface area contributed by atoms with Crippen LogP contribution in [0.25, 0.3) is 0 Å². The van der Waals surface area contributed by atoms with E-state index in [1.807, 2.05) is 0 Å². The van der Waals surface area contributed by atoms with E-state index in [1.165, 1.54) is 19.3 Å². The molecule has 5 fully saturated rings. The highest BCUT2D eigenvalue weighted by molar-refractivity contribution is 7.89. The third-order valence-electron chi connectivity index (χ3n) is 6.10. The standard InChI is InChI=1S/C16H26N2O3S/c19-15(17-3-4-22(20,21)18-14-1-2-14)16-8-11-5-12(9-16)7-13(6-11)10-16/h11-14,18H,1-10H2,(H,17,19). The Bertz CT molecular complexity index is 533. The molecule has 124 valence electrons. The molecule has 0 heterocycles. The van der Waals surface area contributed by atoms with Crippen molar-refractivity contribution in [2.75, 3.05) is 12.3 Å². The molecule has 4 bridgehead atoms. The topological polar surface area (TPSA) is 75.3 Å². The Morgan fingerprint density at radius 1 is 1.00 bits per heavy atom. The van der Waals surface area contributed by atoms with E-state index < -0.39 is 10.0 Å². The fraction of sp³-hybridized carbons (Fsp3) is 0.938. The van der Waals surface area contributed by atoms with E-state index in [-0.39, 0.29) is 29.7 Å². The van der Waals surface area contributed by atoms with E-state index >= 15 is 0 Å². The van der Waals surface area contributed by atoms with Gasteiger partial charge in [0.1, 0.15) is 0 Å². The van der Waals surface area contributed by atoms with Crippen LogP contribution >= 0.6 is 0 Å². The van der Waals surface area contributed by atoms with Gasteiger partial charge in [-0.1, -0.05) is 0 Å². The highest BCUT2D eigenvalue weighted by atomic mass is 32.2. The van der Waals surface area contributed by atoms with Crippen LogP contribution in [0.15, 0.2) is 0 Å². The number of amides is 1. The van der Waals surface area contributed by atoms with Gasteiger partial charge in [0.15, 0.2) is 0 Å². The summed E-state index contributed by atoms with van der Waals surface area (Å²) in [5.41, 5.74) is -0.178. The van der Waals surface area contributed by atoms with Gasteiger partial charge in [-0.2, -0.15) is 0 Å². The molecule has 0 aliphatic heterocycles. The maximum Gasteiger partial charge on any atom is 0.226 e. The van der Waals surface area contributed by atoms with E-state index in [4.69, 9.17) is 0 Å². The van der Waals surface area contributed by atoms with Crippen LogP contribution in [0.1, 0.15) is 51.4 Å². The Hall–Kier alpha value is -0.620. The first kappa shape index (κ1) is 14.9. The second-order valence-corrected chi connectivity index (χ2v) is 10.0. The van der Waals surface area contributed by atoms with Crippen LogP contribution in [0.5, 0.6) is 0 Å². The first-order valence-electron chi connectivity index (χ1n) is 8.72. The summed E-state index contributed by atoms with van der Waals surface area (Å²) >= 11 is 0. The summed E-state index contributed by atoms with van der Waals surface area (Å²) in [6.45, 7) is 0.239. The Balaban J connectivity index is 1.32. The lowest BCUT2D eigenvalue weighted by Gasteiger charge is -2.55. The average molecular weight is 326 g/mol. The van der Waals surface area contributed by atoms with E-state index in [2.05, 4.69) is 10.0 Å². The van der Waals surface area contributed by atoms with Crippen LogP contribution in [0.2, 0.25) is 0 Å². The molecule has 2 N–H and O–H groups in total. The second kappa shape index (κ2) is 5.20. The minimum absolute atomic E-state index is 0.00159. The predicted octanol–water partition coefficient (Wildman–Crippen LogP) is 1.40. The van der Waals surface area contributed by atoms with Crippen molar-refractivity contribution in [1.29, 1.82) is 0 Å². The van der Waals surface area contributed by atoms with Crippen LogP contribution < -0.4 is 10.0 Å². The Morgan fingerprint density at radius 2 is 1.55 bits per heavy atom. The number of hydrogen-bond donors (Lipinski definition) is 2. The molecule has 5 aliphatic carbocycles. The Labute approximate surface area is 132 Å². The number of sulfonamides is 1. The average Bonchev–Trinajstić information content (AvgIpc) is 3.19. The molecule has 0 spiro atoms. The molecule has 0 unspecified atom stereocenters. The zero-order valence-electron chi connectivity index (χ0n) is 13.0. The fourth-order valence-electron chi connectivity index (χ4n) is 5.39. The highest BCUT2D eigenvalue weighted by Gasteiger charge is 2.54. The Morgan fingerprint density at radius 3 is 2.05 bits per heavy atom. The van der Waals surface area contributed by atoms with Gasteiger partial charge in [-0.3, -0.25) is 4.79 Å². The van der Waals surface area contributed by atoms with Gasteiger partial charge in [-0.05, 0) is 69.1 Å². The maximum absolute atomic E-state index is 12.7. The monoisotopic (exact) mass is 326 g/mol. The van der Waals surface area contributed by atoms with Crippen molar-refractivity contribution >= 4 is 15.9 Å². The fourth-order valence-corrected chi connectivity index (χ4v) is 6.62. The van der Waals surface area contributed by atoms with E-state index in [0.29, 0.717) is 0 Å². The Kier molecular flexibility index (Phi) is 3.53. The van der Waals surface area contributed by atoms with Crippen molar-refractivity contribution in [1.82, 2.24) is 10.0 Å². The first-order valence-corrected chi connectivity index (χ1v) is 10.4. The first-order chi connectivity index (χ1) is 10.4. The number of rotatable bonds is 6. The second-order valence-electron chi connectivity index (χ2n) is 8.16. The normalized spacial score (nSPS) is 39.9.